The fraction of sp³-hybridized carbons (Fsp3) is 0.222. The van der Waals surface area contributed by atoms with Crippen LogP contribution >= 0.6 is 0 Å². The third kappa shape index (κ3) is 2.02. The Morgan fingerprint density at radius 3 is 3.00 bits per heavy atom. The van der Waals surface area contributed by atoms with Gasteiger partial charge in [0.05, 0.1) is 0 Å². The lowest BCUT2D eigenvalue weighted by Gasteiger charge is -2.30. The van der Waals surface area contributed by atoms with E-state index in [0.29, 0.717) is 5.92 Å². The Bertz CT molecular complexity index is 742. The highest BCUT2D eigenvalue weighted by molar-refractivity contribution is 5.79. The van der Waals surface area contributed by atoms with Gasteiger partial charge in [0, 0.05) is 30.7 Å². The number of aromatic amines is 1. The normalized spacial score (nSPS) is 16.9. The minimum absolute atomic E-state index is 0.695. The molecule has 0 spiro atoms. The number of benzene rings is 2. The Hall–Kier alpha value is -2.06. The van der Waals surface area contributed by atoms with Crippen LogP contribution in [0.25, 0.3) is 10.9 Å². The van der Waals surface area contributed by atoms with Crippen molar-refractivity contribution in [1.29, 1.82) is 0 Å². The number of hydrogen-bond acceptors (Lipinski definition) is 1. The van der Waals surface area contributed by atoms with Gasteiger partial charge in [-0.3, -0.25) is 0 Å². The van der Waals surface area contributed by atoms with Crippen LogP contribution in [0.15, 0.2) is 54.7 Å². The molecular weight excluding hydrogens is 244 g/mol. The van der Waals surface area contributed by atoms with E-state index < -0.39 is 0 Å². The van der Waals surface area contributed by atoms with Crippen LogP contribution in [-0.2, 0) is 13.0 Å². The summed E-state index contributed by atoms with van der Waals surface area (Å²) in [5.74, 6) is 0.695. The molecule has 0 bridgehead atoms. The molecule has 1 aliphatic rings. The van der Waals surface area contributed by atoms with Crippen molar-refractivity contribution in [3.8, 4) is 0 Å². The van der Waals surface area contributed by atoms with Crippen molar-refractivity contribution in [3.63, 3.8) is 0 Å². The molecule has 20 heavy (non-hydrogen) atoms. The van der Waals surface area contributed by atoms with Crippen molar-refractivity contribution in [2.24, 2.45) is 0 Å². The smallest absolute Gasteiger partial charge is 0.0457 e. The molecule has 1 aromatic heterocycles. The van der Waals surface area contributed by atoms with Gasteiger partial charge in [-0.2, -0.15) is 0 Å². The van der Waals surface area contributed by atoms with Crippen LogP contribution in [0.3, 0.4) is 0 Å². The van der Waals surface area contributed by atoms with E-state index in [9.17, 15) is 0 Å². The van der Waals surface area contributed by atoms with E-state index in [1.54, 1.807) is 0 Å². The Kier molecular flexibility index (Phi) is 2.82. The van der Waals surface area contributed by atoms with E-state index in [0.717, 1.165) is 13.1 Å². The van der Waals surface area contributed by atoms with E-state index >= 15 is 0 Å². The number of fused-ring (bicyclic) bond motifs is 2. The first kappa shape index (κ1) is 11.7. The van der Waals surface area contributed by atoms with Crippen molar-refractivity contribution in [2.45, 2.75) is 18.9 Å². The highest BCUT2D eigenvalue weighted by Gasteiger charge is 2.24. The predicted octanol–water partition coefficient (Wildman–Crippen LogP) is 3.60. The Morgan fingerprint density at radius 2 is 2.05 bits per heavy atom. The lowest BCUT2D eigenvalue weighted by atomic mass is 9.77. The monoisotopic (exact) mass is 262 g/mol. The molecule has 2 nitrogen and oxygen atoms in total. The summed E-state index contributed by atoms with van der Waals surface area (Å²) in [5, 5.41) is 4.87. The first-order valence-corrected chi connectivity index (χ1v) is 7.25. The Labute approximate surface area is 118 Å². The van der Waals surface area contributed by atoms with E-state index in [4.69, 9.17) is 0 Å². The first-order chi connectivity index (χ1) is 9.90. The van der Waals surface area contributed by atoms with Gasteiger partial charge in [-0.1, -0.05) is 36.4 Å². The molecule has 2 N–H and O–H groups in total. The van der Waals surface area contributed by atoms with Gasteiger partial charge in [0.25, 0.3) is 0 Å². The summed E-state index contributed by atoms with van der Waals surface area (Å²) < 4.78 is 0. The Morgan fingerprint density at radius 1 is 1.10 bits per heavy atom. The number of nitrogens with one attached hydrogen (secondary N) is 2. The van der Waals surface area contributed by atoms with E-state index in [1.807, 2.05) is 6.20 Å². The van der Waals surface area contributed by atoms with Gasteiger partial charge >= 0.3 is 0 Å². The van der Waals surface area contributed by atoms with Crippen LogP contribution in [0, 0.1) is 0 Å². The fourth-order valence-electron chi connectivity index (χ4n) is 3.14. The molecule has 0 amide bonds. The zero-order valence-corrected chi connectivity index (χ0v) is 11.4. The van der Waals surface area contributed by atoms with Crippen LogP contribution in [0.5, 0.6) is 0 Å². The molecule has 100 valence electrons. The number of hydrogen-bond donors (Lipinski definition) is 2. The average Bonchev–Trinajstić information content (AvgIpc) is 2.91. The number of H-pyrrole nitrogens is 1. The maximum absolute atomic E-state index is 3.59. The average molecular weight is 262 g/mol. The van der Waals surface area contributed by atoms with Crippen molar-refractivity contribution in [2.75, 3.05) is 6.54 Å². The summed E-state index contributed by atoms with van der Waals surface area (Å²) in [7, 11) is 0. The molecule has 4 rings (SSSR count). The SMILES string of the molecule is c1ccc2c(c1)CC2CNCc1ccc2cc[nH]c2c1. The third-order valence-corrected chi connectivity index (χ3v) is 4.30. The summed E-state index contributed by atoms with van der Waals surface area (Å²) in [4.78, 5) is 3.27. The highest BCUT2D eigenvalue weighted by atomic mass is 14.9. The number of rotatable bonds is 4. The van der Waals surface area contributed by atoms with Crippen LogP contribution < -0.4 is 5.32 Å². The molecule has 1 heterocycles. The molecule has 0 saturated heterocycles. The van der Waals surface area contributed by atoms with Crippen LogP contribution in [0.4, 0.5) is 0 Å². The second-order valence-corrected chi connectivity index (χ2v) is 5.63. The molecule has 0 aliphatic heterocycles. The van der Waals surface area contributed by atoms with Gasteiger partial charge in [-0.25, -0.2) is 0 Å². The van der Waals surface area contributed by atoms with Gasteiger partial charge in [0.15, 0.2) is 0 Å². The molecule has 3 aromatic rings. The number of aromatic nitrogens is 1. The lowest BCUT2D eigenvalue weighted by molar-refractivity contribution is 0.536. The molecule has 1 atom stereocenters. The second-order valence-electron chi connectivity index (χ2n) is 5.63. The third-order valence-electron chi connectivity index (χ3n) is 4.30. The van der Waals surface area contributed by atoms with Crippen molar-refractivity contribution >= 4 is 10.9 Å². The lowest BCUT2D eigenvalue weighted by Crippen LogP contribution is -2.28. The summed E-state index contributed by atoms with van der Waals surface area (Å²) in [6.07, 6.45) is 3.21. The summed E-state index contributed by atoms with van der Waals surface area (Å²) >= 11 is 0. The summed E-state index contributed by atoms with van der Waals surface area (Å²) in [5.41, 5.74) is 5.61. The summed E-state index contributed by atoms with van der Waals surface area (Å²) in [6.45, 7) is 2.01. The van der Waals surface area contributed by atoms with Crippen LogP contribution in [0.2, 0.25) is 0 Å². The molecule has 0 saturated carbocycles. The van der Waals surface area contributed by atoms with Crippen LogP contribution in [0.1, 0.15) is 22.6 Å². The zero-order chi connectivity index (χ0) is 13.4. The highest BCUT2D eigenvalue weighted by Crippen LogP contribution is 2.34. The largest absolute Gasteiger partial charge is 0.361 e. The molecule has 1 unspecified atom stereocenters. The quantitative estimate of drug-likeness (QED) is 0.738. The van der Waals surface area contributed by atoms with Gasteiger partial charge < -0.3 is 10.3 Å². The molecule has 2 aromatic carbocycles. The minimum atomic E-state index is 0.695. The van der Waals surface area contributed by atoms with Crippen molar-refractivity contribution in [3.05, 3.63) is 71.4 Å². The van der Waals surface area contributed by atoms with Crippen molar-refractivity contribution in [1.82, 2.24) is 10.3 Å². The standard InChI is InChI=1S/C18H18N2/c1-2-4-17-15(3-1)10-16(17)12-19-11-13-5-6-14-7-8-20-18(14)9-13/h1-9,16,19-20H,10-12H2. The molecule has 0 radical (unpaired) electrons. The maximum Gasteiger partial charge on any atom is 0.0457 e. The minimum Gasteiger partial charge on any atom is -0.361 e. The molecular formula is C18H18N2. The van der Waals surface area contributed by atoms with Gasteiger partial charge in [-0.05, 0) is 40.6 Å². The fourth-order valence-corrected chi connectivity index (χ4v) is 3.14. The zero-order valence-electron chi connectivity index (χ0n) is 11.4. The molecule has 2 heteroatoms. The van der Waals surface area contributed by atoms with Gasteiger partial charge in [0.2, 0.25) is 0 Å². The first-order valence-electron chi connectivity index (χ1n) is 7.25. The topological polar surface area (TPSA) is 27.8 Å². The van der Waals surface area contributed by atoms with Crippen LogP contribution in [-0.4, -0.2) is 11.5 Å². The second kappa shape index (κ2) is 4.80. The van der Waals surface area contributed by atoms with Crippen molar-refractivity contribution < 1.29 is 0 Å². The predicted molar refractivity (Wildman–Crippen MR) is 82.9 cm³/mol. The molecule has 0 fully saturated rings. The molecule has 1 aliphatic carbocycles. The summed E-state index contributed by atoms with van der Waals surface area (Å²) in [6, 6.07) is 17.5. The van der Waals surface area contributed by atoms with Gasteiger partial charge in [-0.15, -0.1) is 0 Å². The Balaban J connectivity index is 1.37. The van der Waals surface area contributed by atoms with E-state index in [2.05, 4.69) is 58.8 Å². The van der Waals surface area contributed by atoms with E-state index in [1.165, 1.54) is 34.0 Å². The maximum atomic E-state index is 3.59. The van der Waals surface area contributed by atoms with Gasteiger partial charge in [0.1, 0.15) is 0 Å². The van der Waals surface area contributed by atoms with E-state index in [-0.39, 0.29) is 0 Å².